The molecule has 7 nitrogen and oxygen atoms in total. The van der Waals surface area contributed by atoms with Crippen molar-refractivity contribution in [2.24, 2.45) is 0 Å². The second kappa shape index (κ2) is 5.94. The average Bonchev–Trinajstić information content (AvgIpc) is 2.21. The molecule has 1 rings (SSSR count). The molecule has 0 bridgehead atoms. The van der Waals surface area contributed by atoms with Crippen molar-refractivity contribution in [1.29, 1.82) is 0 Å². The molecule has 9 heteroatoms. The highest BCUT2D eigenvalue weighted by Gasteiger charge is 2.09. The van der Waals surface area contributed by atoms with Gasteiger partial charge in [-0.05, 0) is 12.1 Å². The molecular weight excluding hydrogens is 256 g/mol. The van der Waals surface area contributed by atoms with Crippen LogP contribution in [-0.2, 0) is 14.9 Å². The van der Waals surface area contributed by atoms with Crippen LogP contribution < -0.4 is 9.44 Å². The van der Waals surface area contributed by atoms with Crippen molar-refractivity contribution in [3.05, 3.63) is 17.3 Å². The maximum Gasteiger partial charge on any atom is 0.300 e. The molecule has 1 heterocycles. The first-order valence-corrected chi connectivity index (χ1v) is 6.15. The highest BCUT2D eigenvalue weighted by molar-refractivity contribution is 7.90. The van der Waals surface area contributed by atoms with E-state index in [0.717, 1.165) is 0 Å². The number of hydrogen-bond acceptors (Lipinski definition) is 5. The van der Waals surface area contributed by atoms with Crippen LogP contribution in [0.1, 0.15) is 0 Å². The van der Waals surface area contributed by atoms with Gasteiger partial charge in [0.15, 0.2) is 11.0 Å². The monoisotopic (exact) mass is 266 g/mol. The number of anilines is 1. The van der Waals surface area contributed by atoms with Gasteiger partial charge in [0.25, 0.3) is 10.2 Å². The van der Waals surface area contributed by atoms with Gasteiger partial charge in [0.1, 0.15) is 0 Å². The van der Waals surface area contributed by atoms with Crippen LogP contribution in [0.15, 0.2) is 12.1 Å². The van der Waals surface area contributed by atoms with Crippen molar-refractivity contribution in [2.45, 2.75) is 0 Å². The fourth-order valence-corrected chi connectivity index (χ4v) is 1.73. The summed E-state index contributed by atoms with van der Waals surface area (Å²) in [7, 11) is -2.17. The Morgan fingerprint density at radius 1 is 1.44 bits per heavy atom. The fourth-order valence-electron chi connectivity index (χ4n) is 0.822. The van der Waals surface area contributed by atoms with Crippen molar-refractivity contribution in [1.82, 2.24) is 14.9 Å². The van der Waals surface area contributed by atoms with Crippen LogP contribution in [0.2, 0.25) is 5.15 Å². The molecule has 0 spiro atoms. The third kappa shape index (κ3) is 4.71. The van der Waals surface area contributed by atoms with Gasteiger partial charge in [-0.25, -0.2) is 0 Å². The predicted molar refractivity (Wildman–Crippen MR) is 59.5 cm³/mol. The van der Waals surface area contributed by atoms with Crippen LogP contribution in [0.3, 0.4) is 0 Å². The molecule has 0 aliphatic carbocycles. The highest BCUT2D eigenvalue weighted by Crippen LogP contribution is 2.06. The topological polar surface area (TPSA) is 93.2 Å². The van der Waals surface area contributed by atoms with Gasteiger partial charge >= 0.3 is 0 Å². The summed E-state index contributed by atoms with van der Waals surface area (Å²) in [5.74, 6) is 0.0920. The lowest BCUT2D eigenvalue weighted by molar-refractivity contribution is 0.204. The number of hydrogen-bond donors (Lipinski definition) is 2. The van der Waals surface area contributed by atoms with E-state index in [1.807, 2.05) is 0 Å². The van der Waals surface area contributed by atoms with Gasteiger partial charge in [-0.15, -0.1) is 10.2 Å². The summed E-state index contributed by atoms with van der Waals surface area (Å²) in [6, 6.07) is 2.84. The SMILES string of the molecule is COCCNS(=O)(=O)Nc1ccc(Cl)nn1. The van der Waals surface area contributed by atoms with Crippen molar-refractivity contribution in [3.8, 4) is 0 Å². The van der Waals surface area contributed by atoms with Crippen LogP contribution in [0, 0.1) is 0 Å². The first kappa shape index (κ1) is 13.1. The number of rotatable bonds is 6. The third-order valence-electron chi connectivity index (χ3n) is 1.47. The number of ether oxygens (including phenoxy) is 1. The molecule has 90 valence electrons. The summed E-state index contributed by atoms with van der Waals surface area (Å²) in [6.45, 7) is 0.458. The maximum atomic E-state index is 11.4. The first-order chi connectivity index (χ1) is 7.53. The van der Waals surface area contributed by atoms with E-state index in [9.17, 15) is 8.42 Å². The van der Waals surface area contributed by atoms with E-state index in [4.69, 9.17) is 16.3 Å². The van der Waals surface area contributed by atoms with E-state index in [1.54, 1.807) is 0 Å². The lowest BCUT2D eigenvalue weighted by Gasteiger charge is -2.07. The molecule has 1 aromatic heterocycles. The smallest absolute Gasteiger partial charge is 0.300 e. The minimum atomic E-state index is -3.65. The standard InChI is InChI=1S/C7H11ClN4O3S/c1-15-5-4-9-16(13,14)12-7-3-2-6(8)10-11-7/h2-3,9H,4-5H2,1H3,(H,11,12). The number of methoxy groups -OCH3 is 1. The van der Waals surface area contributed by atoms with Crippen LogP contribution in [0.25, 0.3) is 0 Å². The van der Waals surface area contributed by atoms with Crippen LogP contribution >= 0.6 is 11.6 Å². The zero-order valence-electron chi connectivity index (χ0n) is 8.47. The summed E-state index contributed by atoms with van der Waals surface area (Å²) in [6.07, 6.45) is 0. The molecule has 0 aromatic carbocycles. The summed E-state index contributed by atoms with van der Waals surface area (Å²) in [4.78, 5) is 0. The van der Waals surface area contributed by atoms with E-state index >= 15 is 0 Å². The Kier molecular flexibility index (Phi) is 4.87. The highest BCUT2D eigenvalue weighted by atomic mass is 35.5. The maximum absolute atomic E-state index is 11.4. The number of nitrogens with zero attached hydrogens (tertiary/aromatic N) is 2. The number of aromatic nitrogens is 2. The molecule has 0 fully saturated rings. The van der Waals surface area contributed by atoms with Crippen LogP contribution in [0.4, 0.5) is 5.82 Å². The van der Waals surface area contributed by atoms with Crippen LogP contribution in [0.5, 0.6) is 0 Å². The normalized spacial score (nSPS) is 11.4. The Morgan fingerprint density at radius 3 is 2.75 bits per heavy atom. The number of nitrogens with one attached hydrogen (secondary N) is 2. The van der Waals surface area contributed by atoms with Gasteiger partial charge in [0.05, 0.1) is 6.61 Å². The van der Waals surface area contributed by atoms with Gasteiger partial charge < -0.3 is 4.74 Å². The van der Waals surface area contributed by atoms with Crippen molar-refractivity contribution in [3.63, 3.8) is 0 Å². The Labute approximate surface area is 98.3 Å². The zero-order chi connectivity index (χ0) is 12.0. The second-order valence-corrected chi connectivity index (χ2v) is 4.62. The Balaban J connectivity index is 2.55. The molecule has 0 saturated carbocycles. The predicted octanol–water partition coefficient (Wildman–Crippen LogP) is 0.0227. The summed E-state index contributed by atoms with van der Waals surface area (Å²) in [5.41, 5.74) is 0. The Bertz CT molecular complexity index is 422. The second-order valence-electron chi connectivity index (χ2n) is 2.73. The fraction of sp³-hybridized carbons (Fsp3) is 0.429. The third-order valence-corrected chi connectivity index (χ3v) is 2.73. The summed E-state index contributed by atoms with van der Waals surface area (Å²) >= 11 is 5.50. The van der Waals surface area contributed by atoms with Crippen molar-refractivity contribution in [2.75, 3.05) is 25.0 Å². The molecule has 0 unspecified atom stereocenters. The number of halogens is 1. The molecule has 0 atom stereocenters. The van der Waals surface area contributed by atoms with Gasteiger partial charge in [0, 0.05) is 13.7 Å². The first-order valence-electron chi connectivity index (χ1n) is 4.29. The lowest BCUT2D eigenvalue weighted by Crippen LogP contribution is -2.32. The van der Waals surface area contributed by atoms with E-state index in [-0.39, 0.29) is 24.1 Å². The van der Waals surface area contributed by atoms with E-state index in [1.165, 1.54) is 19.2 Å². The van der Waals surface area contributed by atoms with Gasteiger partial charge in [-0.1, -0.05) is 11.6 Å². The van der Waals surface area contributed by atoms with Crippen molar-refractivity contribution >= 4 is 27.6 Å². The molecule has 0 radical (unpaired) electrons. The Hall–Kier alpha value is -0.960. The van der Waals surface area contributed by atoms with Gasteiger partial charge in [0.2, 0.25) is 0 Å². The summed E-state index contributed by atoms with van der Waals surface area (Å²) < 4.78 is 31.9. The largest absolute Gasteiger partial charge is 0.383 e. The molecule has 0 aliphatic heterocycles. The van der Waals surface area contributed by atoms with E-state index in [0.29, 0.717) is 0 Å². The molecule has 16 heavy (non-hydrogen) atoms. The average molecular weight is 267 g/mol. The Morgan fingerprint density at radius 2 is 2.19 bits per heavy atom. The van der Waals surface area contributed by atoms with Gasteiger partial charge in [-0.2, -0.15) is 13.1 Å². The van der Waals surface area contributed by atoms with E-state index < -0.39 is 10.2 Å². The molecule has 2 N–H and O–H groups in total. The molecule has 0 saturated heterocycles. The molecule has 0 amide bonds. The lowest BCUT2D eigenvalue weighted by atomic mass is 10.5. The van der Waals surface area contributed by atoms with Gasteiger partial charge in [-0.3, -0.25) is 4.72 Å². The summed E-state index contributed by atoms with van der Waals surface area (Å²) in [5, 5.41) is 7.23. The quantitative estimate of drug-likeness (QED) is 0.708. The molecule has 1 aromatic rings. The van der Waals surface area contributed by atoms with Crippen LogP contribution in [-0.4, -0.2) is 38.9 Å². The molecule has 0 aliphatic rings. The van der Waals surface area contributed by atoms with Crippen molar-refractivity contribution < 1.29 is 13.2 Å². The zero-order valence-corrected chi connectivity index (χ0v) is 10.0. The molecular formula is C7H11ClN4O3S. The minimum absolute atomic E-state index is 0.0920. The van der Waals surface area contributed by atoms with E-state index in [2.05, 4.69) is 19.6 Å². The minimum Gasteiger partial charge on any atom is -0.383 e.